The number of nitrogens with zero attached hydrogens (tertiary/aromatic N) is 1. The molecule has 0 bridgehead atoms. The van der Waals surface area contributed by atoms with Crippen molar-refractivity contribution in [1.29, 1.82) is 0 Å². The average Bonchev–Trinajstić information content (AvgIpc) is 2.37. The van der Waals surface area contributed by atoms with Crippen LogP contribution in [0.25, 0.3) is 0 Å². The summed E-state index contributed by atoms with van der Waals surface area (Å²) in [4.78, 5) is 25.3. The molecule has 1 aliphatic heterocycles. The number of rotatable bonds is 3. The van der Waals surface area contributed by atoms with Gasteiger partial charge in [0, 0.05) is 15.7 Å². The van der Waals surface area contributed by atoms with Crippen LogP contribution in [0.3, 0.4) is 0 Å². The molecule has 0 spiro atoms. The highest BCUT2D eigenvalue weighted by molar-refractivity contribution is 9.10. The predicted octanol–water partition coefficient (Wildman–Crippen LogP) is 1.74. The number of amides is 2. The molecule has 0 aromatic heterocycles. The second-order valence-electron chi connectivity index (χ2n) is 4.84. The SMILES string of the molecule is CCC1C(=O)NC(=O)CN1c1ccc(Br)cc1C(C)O. The summed E-state index contributed by atoms with van der Waals surface area (Å²) in [6.45, 7) is 3.68. The molecule has 1 aromatic carbocycles. The molecule has 2 atom stereocenters. The van der Waals surface area contributed by atoms with Gasteiger partial charge in [-0.25, -0.2) is 0 Å². The summed E-state index contributed by atoms with van der Waals surface area (Å²) in [7, 11) is 0. The van der Waals surface area contributed by atoms with E-state index in [0.717, 1.165) is 10.2 Å². The minimum absolute atomic E-state index is 0.117. The summed E-state index contributed by atoms with van der Waals surface area (Å²) >= 11 is 3.37. The quantitative estimate of drug-likeness (QED) is 0.822. The lowest BCUT2D eigenvalue weighted by molar-refractivity contribution is -0.132. The molecule has 1 saturated heterocycles. The Kier molecular flexibility index (Phi) is 4.45. The van der Waals surface area contributed by atoms with E-state index in [4.69, 9.17) is 0 Å². The lowest BCUT2D eigenvalue weighted by Crippen LogP contribution is -2.58. The Labute approximate surface area is 126 Å². The van der Waals surface area contributed by atoms with Crippen molar-refractivity contribution in [2.24, 2.45) is 0 Å². The largest absolute Gasteiger partial charge is 0.389 e. The van der Waals surface area contributed by atoms with Gasteiger partial charge in [0.05, 0.1) is 12.6 Å². The third kappa shape index (κ3) is 2.86. The lowest BCUT2D eigenvalue weighted by atomic mass is 10.0. The van der Waals surface area contributed by atoms with Gasteiger partial charge in [0.15, 0.2) is 0 Å². The van der Waals surface area contributed by atoms with Crippen LogP contribution >= 0.6 is 15.9 Å². The maximum atomic E-state index is 11.9. The maximum absolute atomic E-state index is 11.9. The summed E-state index contributed by atoms with van der Waals surface area (Å²) < 4.78 is 0.845. The van der Waals surface area contributed by atoms with Crippen molar-refractivity contribution >= 4 is 33.4 Å². The fraction of sp³-hybridized carbons (Fsp3) is 0.429. The van der Waals surface area contributed by atoms with Crippen LogP contribution in [0.5, 0.6) is 0 Å². The van der Waals surface area contributed by atoms with Gasteiger partial charge in [-0.3, -0.25) is 14.9 Å². The van der Waals surface area contributed by atoms with Crippen molar-refractivity contribution in [1.82, 2.24) is 5.32 Å². The number of carbonyl (C=O) groups is 2. The molecule has 0 aliphatic carbocycles. The van der Waals surface area contributed by atoms with Crippen molar-refractivity contribution in [3.05, 3.63) is 28.2 Å². The molecular weight excluding hydrogens is 324 g/mol. The molecule has 2 rings (SSSR count). The van der Waals surface area contributed by atoms with E-state index < -0.39 is 12.1 Å². The zero-order chi connectivity index (χ0) is 14.9. The summed E-state index contributed by atoms with van der Waals surface area (Å²) in [6, 6.07) is 5.07. The highest BCUT2D eigenvalue weighted by atomic mass is 79.9. The predicted molar refractivity (Wildman–Crippen MR) is 79.4 cm³/mol. The molecule has 1 fully saturated rings. The summed E-state index contributed by atoms with van der Waals surface area (Å²) in [5.41, 5.74) is 1.42. The van der Waals surface area contributed by atoms with Gasteiger partial charge in [0.1, 0.15) is 6.04 Å². The number of aliphatic hydroxyl groups is 1. The Morgan fingerprint density at radius 3 is 2.80 bits per heavy atom. The molecule has 0 saturated carbocycles. The number of piperazine rings is 1. The molecule has 5 nitrogen and oxygen atoms in total. The first-order chi connectivity index (χ1) is 9.43. The van der Waals surface area contributed by atoms with E-state index in [1.807, 2.05) is 25.1 Å². The van der Waals surface area contributed by atoms with Crippen LogP contribution in [0, 0.1) is 0 Å². The van der Waals surface area contributed by atoms with E-state index in [0.29, 0.717) is 12.0 Å². The molecule has 2 N–H and O–H groups in total. The molecular formula is C14H17BrN2O3. The number of halogens is 1. The fourth-order valence-electron chi connectivity index (χ4n) is 2.45. The van der Waals surface area contributed by atoms with E-state index >= 15 is 0 Å². The Morgan fingerprint density at radius 1 is 1.50 bits per heavy atom. The first-order valence-electron chi connectivity index (χ1n) is 6.52. The number of hydrogen-bond donors (Lipinski definition) is 2. The maximum Gasteiger partial charge on any atom is 0.249 e. The van der Waals surface area contributed by atoms with E-state index in [2.05, 4.69) is 21.2 Å². The van der Waals surface area contributed by atoms with Crippen LogP contribution in [0.1, 0.15) is 31.9 Å². The minimum atomic E-state index is -0.680. The van der Waals surface area contributed by atoms with Crippen LogP contribution in [-0.4, -0.2) is 29.5 Å². The molecule has 2 amide bonds. The zero-order valence-electron chi connectivity index (χ0n) is 11.4. The van der Waals surface area contributed by atoms with Gasteiger partial charge in [0.25, 0.3) is 0 Å². The van der Waals surface area contributed by atoms with E-state index in [1.54, 1.807) is 11.8 Å². The second-order valence-corrected chi connectivity index (χ2v) is 5.76. The minimum Gasteiger partial charge on any atom is -0.389 e. The van der Waals surface area contributed by atoms with Crippen molar-refractivity contribution in [3.8, 4) is 0 Å². The van der Waals surface area contributed by atoms with Gasteiger partial charge in [-0.05, 0) is 31.5 Å². The number of benzene rings is 1. The third-order valence-electron chi connectivity index (χ3n) is 3.39. The van der Waals surface area contributed by atoms with Gasteiger partial charge in [0.2, 0.25) is 11.8 Å². The smallest absolute Gasteiger partial charge is 0.249 e. The van der Waals surface area contributed by atoms with Gasteiger partial charge in [-0.2, -0.15) is 0 Å². The Balaban J connectivity index is 2.47. The Morgan fingerprint density at radius 2 is 2.20 bits per heavy atom. The number of aliphatic hydroxyl groups excluding tert-OH is 1. The van der Waals surface area contributed by atoms with Crippen LogP contribution in [0.4, 0.5) is 5.69 Å². The number of anilines is 1. The normalized spacial score (nSPS) is 20.8. The second kappa shape index (κ2) is 5.93. The van der Waals surface area contributed by atoms with Crippen molar-refractivity contribution < 1.29 is 14.7 Å². The summed E-state index contributed by atoms with van der Waals surface area (Å²) in [5.74, 6) is -0.609. The molecule has 6 heteroatoms. The van der Waals surface area contributed by atoms with E-state index in [-0.39, 0.29) is 18.4 Å². The highest BCUT2D eigenvalue weighted by Crippen LogP contribution is 2.32. The van der Waals surface area contributed by atoms with Gasteiger partial charge >= 0.3 is 0 Å². The standard InChI is InChI=1S/C14H17BrN2O3/c1-3-11-14(20)16-13(19)7-17(11)12-5-4-9(15)6-10(12)8(2)18/h4-6,8,11,18H,3,7H2,1-2H3,(H,16,19,20). The topological polar surface area (TPSA) is 69.6 Å². The van der Waals surface area contributed by atoms with Crippen LogP contribution < -0.4 is 10.2 Å². The van der Waals surface area contributed by atoms with Crippen LogP contribution in [0.2, 0.25) is 0 Å². The summed E-state index contributed by atoms with van der Waals surface area (Å²) in [5, 5.41) is 12.3. The number of nitrogens with one attached hydrogen (secondary N) is 1. The van der Waals surface area contributed by atoms with E-state index in [9.17, 15) is 14.7 Å². The number of hydrogen-bond acceptors (Lipinski definition) is 4. The molecule has 20 heavy (non-hydrogen) atoms. The molecule has 2 unspecified atom stereocenters. The van der Waals surface area contributed by atoms with Gasteiger partial charge in [-0.15, -0.1) is 0 Å². The molecule has 108 valence electrons. The van der Waals surface area contributed by atoms with Crippen LogP contribution in [0.15, 0.2) is 22.7 Å². The van der Waals surface area contributed by atoms with Crippen molar-refractivity contribution in [2.45, 2.75) is 32.4 Å². The number of carbonyl (C=O) groups excluding carboxylic acids is 2. The first-order valence-corrected chi connectivity index (χ1v) is 7.31. The summed E-state index contributed by atoms with van der Waals surface area (Å²) in [6.07, 6.45) is -0.0888. The first kappa shape index (κ1) is 15.0. The van der Waals surface area contributed by atoms with Crippen molar-refractivity contribution in [3.63, 3.8) is 0 Å². The van der Waals surface area contributed by atoms with Gasteiger partial charge < -0.3 is 10.0 Å². The average molecular weight is 341 g/mol. The zero-order valence-corrected chi connectivity index (χ0v) is 13.0. The van der Waals surface area contributed by atoms with Crippen molar-refractivity contribution in [2.75, 3.05) is 11.4 Å². The molecule has 0 radical (unpaired) electrons. The van der Waals surface area contributed by atoms with Crippen LogP contribution in [-0.2, 0) is 9.59 Å². The fourth-order valence-corrected chi connectivity index (χ4v) is 2.83. The molecule has 1 heterocycles. The lowest BCUT2D eigenvalue weighted by Gasteiger charge is -2.36. The molecule has 1 aromatic rings. The number of imide groups is 1. The van der Waals surface area contributed by atoms with Gasteiger partial charge in [-0.1, -0.05) is 22.9 Å². The Bertz CT molecular complexity index is 545. The molecule has 1 aliphatic rings. The Hall–Kier alpha value is -1.40. The van der Waals surface area contributed by atoms with E-state index in [1.165, 1.54) is 0 Å². The highest BCUT2D eigenvalue weighted by Gasteiger charge is 2.33. The third-order valence-corrected chi connectivity index (χ3v) is 3.88. The monoisotopic (exact) mass is 340 g/mol.